The number of benzene rings is 2. The molecule has 2 aromatic rings. The highest BCUT2D eigenvalue weighted by Gasteiger charge is 2.14. The molecule has 0 aliphatic rings. The van der Waals surface area contributed by atoms with E-state index in [4.69, 9.17) is 9.47 Å². The van der Waals surface area contributed by atoms with Gasteiger partial charge in [-0.15, -0.1) is 0 Å². The molecule has 0 heterocycles. The van der Waals surface area contributed by atoms with Crippen LogP contribution in [-0.4, -0.2) is 17.8 Å². The lowest BCUT2D eigenvalue weighted by atomic mass is 10.1. The Bertz CT molecular complexity index is 711. The summed E-state index contributed by atoms with van der Waals surface area (Å²) in [5.74, 6) is 0.773. The molecule has 6 heteroatoms. The molecular weight excluding hydrogens is 286 g/mol. The highest BCUT2D eigenvalue weighted by atomic mass is 16.6. The topological polar surface area (TPSA) is 78.7 Å². The van der Waals surface area contributed by atoms with Crippen molar-refractivity contribution in [2.75, 3.05) is 7.11 Å². The van der Waals surface area contributed by atoms with E-state index in [-0.39, 0.29) is 18.1 Å². The van der Waals surface area contributed by atoms with Crippen molar-refractivity contribution >= 4 is 11.5 Å². The minimum Gasteiger partial charge on any atom is -0.496 e. The molecule has 0 radical (unpaired) electrons. The number of methoxy groups -OCH3 is 1. The quantitative estimate of drug-likeness (QED) is 0.464. The largest absolute Gasteiger partial charge is 0.496 e. The van der Waals surface area contributed by atoms with Crippen molar-refractivity contribution < 1.29 is 19.2 Å². The number of hydrogen-bond donors (Lipinski definition) is 0. The average Bonchev–Trinajstić information content (AvgIpc) is 2.52. The van der Waals surface area contributed by atoms with Crippen LogP contribution in [0.4, 0.5) is 5.69 Å². The Kier molecular flexibility index (Phi) is 4.73. The van der Waals surface area contributed by atoms with Crippen LogP contribution in [0, 0.1) is 10.1 Å². The van der Waals surface area contributed by atoms with Crippen molar-refractivity contribution in [1.29, 1.82) is 0 Å². The number of nitro benzene ring substituents is 1. The number of para-hydroxylation sites is 1. The van der Waals surface area contributed by atoms with Crippen LogP contribution in [0.2, 0.25) is 0 Å². The molecule has 0 saturated heterocycles. The molecule has 0 N–H and O–H groups in total. The van der Waals surface area contributed by atoms with Gasteiger partial charge in [-0.05, 0) is 25.1 Å². The predicted molar refractivity (Wildman–Crippen MR) is 80.4 cm³/mol. The predicted octanol–water partition coefficient (Wildman–Crippen LogP) is 3.39. The Morgan fingerprint density at radius 1 is 1.23 bits per heavy atom. The second-order valence-corrected chi connectivity index (χ2v) is 4.59. The van der Waals surface area contributed by atoms with Gasteiger partial charge in [0.15, 0.2) is 5.78 Å². The maximum Gasteiger partial charge on any atom is 0.276 e. The number of Topliss-reactive ketones (excluding diaryl/α,β-unsaturated/α-hetero) is 1. The summed E-state index contributed by atoms with van der Waals surface area (Å²) in [6, 6.07) is 11.2. The highest BCUT2D eigenvalue weighted by Crippen LogP contribution is 2.26. The zero-order chi connectivity index (χ0) is 16.1. The Hall–Kier alpha value is -2.89. The lowest BCUT2D eigenvalue weighted by Crippen LogP contribution is -2.02. The summed E-state index contributed by atoms with van der Waals surface area (Å²) < 4.78 is 10.7. The minimum absolute atomic E-state index is 0.00909. The van der Waals surface area contributed by atoms with E-state index in [1.807, 2.05) is 0 Å². The van der Waals surface area contributed by atoms with Gasteiger partial charge >= 0.3 is 0 Å². The maximum absolute atomic E-state index is 11.4. The number of ether oxygens (including phenoxy) is 2. The van der Waals surface area contributed by atoms with Crippen LogP contribution >= 0.6 is 0 Å². The van der Waals surface area contributed by atoms with Crippen LogP contribution in [0.3, 0.4) is 0 Å². The van der Waals surface area contributed by atoms with E-state index >= 15 is 0 Å². The third kappa shape index (κ3) is 3.41. The van der Waals surface area contributed by atoms with Crippen molar-refractivity contribution in [2.45, 2.75) is 13.5 Å². The Balaban J connectivity index is 2.19. The first-order chi connectivity index (χ1) is 10.5. The van der Waals surface area contributed by atoms with Gasteiger partial charge in [0.25, 0.3) is 5.69 Å². The van der Waals surface area contributed by atoms with Crippen molar-refractivity contribution in [3.05, 3.63) is 63.7 Å². The van der Waals surface area contributed by atoms with Crippen LogP contribution < -0.4 is 9.47 Å². The first-order valence-corrected chi connectivity index (χ1v) is 6.57. The van der Waals surface area contributed by atoms with E-state index < -0.39 is 4.92 Å². The molecule has 6 nitrogen and oxygen atoms in total. The zero-order valence-corrected chi connectivity index (χ0v) is 12.2. The molecule has 0 aromatic heterocycles. The van der Waals surface area contributed by atoms with Crippen LogP contribution in [-0.2, 0) is 6.61 Å². The van der Waals surface area contributed by atoms with Gasteiger partial charge in [-0.3, -0.25) is 14.9 Å². The monoisotopic (exact) mass is 301 g/mol. The highest BCUT2D eigenvalue weighted by molar-refractivity contribution is 5.97. The fraction of sp³-hybridized carbons (Fsp3) is 0.188. The number of carbonyl (C=O) groups excluding carboxylic acids is 1. The molecule has 0 aliphatic heterocycles. The van der Waals surface area contributed by atoms with Crippen LogP contribution in [0.15, 0.2) is 42.5 Å². The smallest absolute Gasteiger partial charge is 0.276 e. The number of carbonyl (C=O) groups is 1. The molecular formula is C16H15NO5. The van der Waals surface area contributed by atoms with Gasteiger partial charge in [-0.25, -0.2) is 0 Å². The lowest BCUT2D eigenvalue weighted by molar-refractivity contribution is -0.385. The molecule has 0 spiro atoms. The van der Waals surface area contributed by atoms with Gasteiger partial charge < -0.3 is 9.47 Å². The summed E-state index contributed by atoms with van der Waals surface area (Å²) in [6.07, 6.45) is 0. The van der Waals surface area contributed by atoms with E-state index in [0.717, 1.165) is 0 Å². The first-order valence-electron chi connectivity index (χ1n) is 6.57. The Morgan fingerprint density at radius 2 is 1.95 bits per heavy atom. The second kappa shape index (κ2) is 6.71. The third-order valence-electron chi connectivity index (χ3n) is 3.13. The van der Waals surface area contributed by atoms with E-state index in [1.165, 1.54) is 20.1 Å². The zero-order valence-electron chi connectivity index (χ0n) is 12.2. The Morgan fingerprint density at radius 3 is 2.59 bits per heavy atom. The van der Waals surface area contributed by atoms with Crippen molar-refractivity contribution in [2.24, 2.45) is 0 Å². The fourth-order valence-corrected chi connectivity index (χ4v) is 2.02. The third-order valence-corrected chi connectivity index (χ3v) is 3.13. The first kappa shape index (κ1) is 15.5. The molecule has 0 saturated carbocycles. The number of rotatable bonds is 6. The molecule has 0 amide bonds. The molecule has 2 aromatic carbocycles. The summed E-state index contributed by atoms with van der Waals surface area (Å²) in [4.78, 5) is 21.9. The molecule has 0 aliphatic carbocycles. The minimum atomic E-state index is -0.446. The number of nitrogens with zero attached hydrogens (tertiary/aromatic N) is 1. The maximum atomic E-state index is 11.4. The van der Waals surface area contributed by atoms with Crippen LogP contribution in [0.25, 0.3) is 0 Å². The van der Waals surface area contributed by atoms with Gasteiger partial charge in [0, 0.05) is 12.1 Å². The molecule has 0 bridgehead atoms. The summed E-state index contributed by atoms with van der Waals surface area (Å²) in [6.45, 7) is 1.51. The van der Waals surface area contributed by atoms with Gasteiger partial charge in [0.05, 0.1) is 23.2 Å². The molecule has 0 fully saturated rings. The SMILES string of the molecule is COc1cc(OCc2ccccc2[N+](=O)[O-])ccc1C(C)=O. The molecule has 0 unspecified atom stereocenters. The van der Waals surface area contributed by atoms with Gasteiger partial charge in [-0.1, -0.05) is 12.1 Å². The molecule has 2 rings (SSSR count). The summed E-state index contributed by atoms with van der Waals surface area (Å²) >= 11 is 0. The second-order valence-electron chi connectivity index (χ2n) is 4.59. The average molecular weight is 301 g/mol. The summed E-state index contributed by atoms with van der Waals surface area (Å²) in [7, 11) is 1.47. The summed E-state index contributed by atoms with van der Waals surface area (Å²) in [5.41, 5.74) is 0.942. The van der Waals surface area contributed by atoms with Crippen LogP contribution in [0.1, 0.15) is 22.8 Å². The molecule has 22 heavy (non-hydrogen) atoms. The van der Waals surface area contributed by atoms with Gasteiger partial charge in [-0.2, -0.15) is 0 Å². The van der Waals surface area contributed by atoms with E-state index in [2.05, 4.69) is 0 Å². The van der Waals surface area contributed by atoms with Gasteiger partial charge in [0.1, 0.15) is 18.1 Å². The van der Waals surface area contributed by atoms with E-state index in [1.54, 1.807) is 36.4 Å². The number of nitro groups is 1. The standard InChI is InChI=1S/C16H15NO5/c1-11(18)14-8-7-13(9-16(14)21-2)22-10-12-5-3-4-6-15(12)17(19)20/h3-9H,10H2,1-2H3. The van der Waals surface area contributed by atoms with Crippen molar-refractivity contribution in [1.82, 2.24) is 0 Å². The van der Waals surface area contributed by atoms with E-state index in [9.17, 15) is 14.9 Å². The van der Waals surface area contributed by atoms with Crippen LogP contribution in [0.5, 0.6) is 11.5 Å². The lowest BCUT2D eigenvalue weighted by Gasteiger charge is -2.10. The number of ketones is 1. The van der Waals surface area contributed by atoms with Crippen molar-refractivity contribution in [3.63, 3.8) is 0 Å². The molecule has 114 valence electrons. The molecule has 0 atom stereocenters. The number of hydrogen-bond acceptors (Lipinski definition) is 5. The normalized spacial score (nSPS) is 10.1. The summed E-state index contributed by atoms with van der Waals surface area (Å²) in [5, 5.41) is 10.9. The Labute approximate surface area is 127 Å². The fourth-order valence-electron chi connectivity index (χ4n) is 2.02. The van der Waals surface area contributed by atoms with E-state index in [0.29, 0.717) is 22.6 Å². The van der Waals surface area contributed by atoms with Gasteiger partial charge in [0.2, 0.25) is 0 Å². The van der Waals surface area contributed by atoms with Crippen molar-refractivity contribution in [3.8, 4) is 11.5 Å².